The Hall–Kier alpha value is -1.29. The van der Waals surface area contributed by atoms with E-state index in [0.29, 0.717) is 9.16 Å². The first-order valence-corrected chi connectivity index (χ1v) is 11.1. The number of hydrogen-bond donors (Lipinski definition) is 0. The molecule has 1 aliphatic heterocycles. The fraction of sp³-hybridized carbons (Fsp3) is 0.182. The van der Waals surface area contributed by atoms with Gasteiger partial charge in [-0.1, -0.05) is 91.0 Å². The molecule has 1 saturated heterocycles. The van der Waals surface area contributed by atoms with Crippen LogP contribution in [0.15, 0.2) is 91.0 Å². The van der Waals surface area contributed by atoms with Crippen molar-refractivity contribution in [1.29, 1.82) is 0 Å². The van der Waals surface area contributed by atoms with Crippen LogP contribution in [0.25, 0.3) is 0 Å². The normalized spacial score (nSPS) is 26.3. The second kappa shape index (κ2) is 7.53. The predicted octanol–water partition coefficient (Wildman–Crippen LogP) is 7.47. The maximum Gasteiger partial charge on any atom is 0.0861 e. The molecule has 1 heterocycles. The molecule has 0 bridgehead atoms. The van der Waals surface area contributed by atoms with Crippen LogP contribution in [-0.4, -0.2) is 0 Å². The van der Waals surface area contributed by atoms with E-state index in [2.05, 4.69) is 133 Å². The average Bonchev–Trinajstić information content (AvgIpc) is 2.70. The van der Waals surface area contributed by atoms with Gasteiger partial charge in [-0.05, 0) is 23.6 Å². The van der Waals surface area contributed by atoms with Crippen LogP contribution in [0.3, 0.4) is 0 Å². The molecule has 0 aliphatic carbocycles. The van der Waals surface area contributed by atoms with Gasteiger partial charge in [0, 0.05) is 0 Å². The Bertz CT molecular complexity index is 755. The Morgan fingerprint density at radius 3 is 1.44 bits per heavy atom. The van der Waals surface area contributed by atoms with E-state index in [9.17, 15) is 0 Å². The molecule has 25 heavy (non-hydrogen) atoms. The lowest BCUT2D eigenvalue weighted by atomic mass is 10.2. The maximum atomic E-state index is 2.38. The summed E-state index contributed by atoms with van der Waals surface area (Å²) >= 11 is 6.19. The van der Waals surface area contributed by atoms with Gasteiger partial charge in [-0.25, -0.2) is 0 Å². The van der Waals surface area contributed by atoms with E-state index < -0.39 is 0 Å². The van der Waals surface area contributed by atoms with E-state index in [-0.39, 0.29) is 4.08 Å². The quantitative estimate of drug-likeness (QED) is 0.462. The Kier molecular flexibility index (Phi) is 5.16. The first-order valence-electron chi connectivity index (χ1n) is 8.41. The smallest absolute Gasteiger partial charge is 0.0861 e. The molecular formula is C22H20S3. The molecule has 1 unspecified atom stereocenters. The van der Waals surface area contributed by atoms with Crippen LogP contribution in [0.5, 0.6) is 0 Å². The summed E-state index contributed by atoms with van der Waals surface area (Å²) in [7, 11) is 0. The molecule has 0 N–H and O–H groups in total. The zero-order valence-electron chi connectivity index (χ0n) is 14.0. The van der Waals surface area contributed by atoms with Crippen molar-refractivity contribution >= 4 is 35.3 Å². The lowest BCUT2D eigenvalue weighted by Crippen LogP contribution is -2.20. The third-order valence-electron chi connectivity index (χ3n) is 4.35. The molecule has 4 rings (SSSR count). The third kappa shape index (κ3) is 3.79. The van der Waals surface area contributed by atoms with Crippen LogP contribution in [0.4, 0.5) is 0 Å². The molecule has 0 aromatic heterocycles. The van der Waals surface area contributed by atoms with E-state index in [1.54, 1.807) is 0 Å². The second-order valence-corrected chi connectivity index (χ2v) is 11.3. The Labute approximate surface area is 162 Å². The van der Waals surface area contributed by atoms with E-state index >= 15 is 0 Å². The van der Waals surface area contributed by atoms with E-state index in [0.717, 1.165) is 0 Å². The number of thioether (sulfide) groups is 3. The molecule has 0 amide bonds. The molecule has 0 nitrogen and oxygen atoms in total. The topological polar surface area (TPSA) is 0 Å². The molecule has 1 fully saturated rings. The summed E-state index contributed by atoms with van der Waals surface area (Å²) in [4.78, 5) is 0. The second-order valence-electron chi connectivity index (χ2n) is 6.17. The van der Waals surface area contributed by atoms with Crippen LogP contribution in [-0.2, 0) is 4.08 Å². The van der Waals surface area contributed by atoms with Gasteiger partial charge in [-0.3, -0.25) is 0 Å². The first-order chi connectivity index (χ1) is 12.2. The highest BCUT2D eigenvalue weighted by atomic mass is 32.3. The number of benzene rings is 3. The lowest BCUT2D eigenvalue weighted by Gasteiger charge is -2.41. The molecule has 126 valence electrons. The zero-order valence-corrected chi connectivity index (χ0v) is 16.5. The summed E-state index contributed by atoms with van der Waals surface area (Å²) < 4.78 is 0.892. The minimum absolute atomic E-state index is 0.0352. The van der Waals surface area contributed by atoms with Crippen LogP contribution >= 0.6 is 35.3 Å². The highest BCUT2D eigenvalue weighted by Gasteiger charge is 2.41. The molecule has 0 radical (unpaired) electrons. The fourth-order valence-electron chi connectivity index (χ4n) is 2.99. The molecule has 3 heteroatoms. The molecular weight excluding hydrogens is 360 g/mol. The van der Waals surface area contributed by atoms with E-state index in [1.165, 1.54) is 16.7 Å². The zero-order chi connectivity index (χ0) is 17.1. The maximum absolute atomic E-state index is 2.38. The van der Waals surface area contributed by atoms with Crippen molar-refractivity contribution in [2.24, 2.45) is 0 Å². The van der Waals surface area contributed by atoms with Crippen molar-refractivity contribution in [3.8, 4) is 0 Å². The van der Waals surface area contributed by atoms with Gasteiger partial charge in [0.25, 0.3) is 0 Å². The summed E-state index contributed by atoms with van der Waals surface area (Å²) in [5.41, 5.74) is 4.20. The third-order valence-corrected chi connectivity index (χ3v) is 9.56. The minimum atomic E-state index is 0.0352. The van der Waals surface area contributed by atoms with Gasteiger partial charge in [-0.2, -0.15) is 0 Å². The standard InChI is InChI=1S/C22H20S3/c1-22(19-15-9-4-10-16-19)24-20(17-11-5-2-6-12-17)23-21(25-22)18-13-7-3-8-14-18/h2-16,20-21H,1H3/t20-,21+,22?. The van der Waals surface area contributed by atoms with Crippen LogP contribution < -0.4 is 0 Å². The van der Waals surface area contributed by atoms with E-state index in [4.69, 9.17) is 0 Å². The monoisotopic (exact) mass is 380 g/mol. The van der Waals surface area contributed by atoms with Gasteiger partial charge in [-0.15, -0.1) is 35.3 Å². The highest BCUT2D eigenvalue weighted by Crippen LogP contribution is 2.69. The van der Waals surface area contributed by atoms with Gasteiger partial charge < -0.3 is 0 Å². The molecule has 3 atom stereocenters. The Morgan fingerprint density at radius 1 is 0.600 bits per heavy atom. The van der Waals surface area contributed by atoms with E-state index in [1.807, 2.05) is 0 Å². The first kappa shape index (κ1) is 17.1. The predicted molar refractivity (Wildman–Crippen MR) is 115 cm³/mol. The van der Waals surface area contributed by atoms with Crippen molar-refractivity contribution in [3.05, 3.63) is 108 Å². The average molecular weight is 381 g/mol. The van der Waals surface area contributed by atoms with Gasteiger partial charge in [0.1, 0.15) is 0 Å². The van der Waals surface area contributed by atoms with Crippen LogP contribution in [0.2, 0.25) is 0 Å². The lowest BCUT2D eigenvalue weighted by molar-refractivity contribution is 0.993. The highest BCUT2D eigenvalue weighted by molar-refractivity contribution is 8.33. The van der Waals surface area contributed by atoms with Crippen molar-refractivity contribution < 1.29 is 0 Å². The number of hydrogen-bond acceptors (Lipinski definition) is 3. The summed E-state index contributed by atoms with van der Waals surface area (Å²) in [6.45, 7) is 2.38. The van der Waals surface area contributed by atoms with Crippen molar-refractivity contribution in [2.75, 3.05) is 0 Å². The fourth-order valence-corrected chi connectivity index (χ4v) is 9.44. The molecule has 0 spiro atoms. The summed E-state index contributed by atoms with van der Waals surface area (Å²) in [6.07, 6.45) is 0. The molecule has 3 aromatic carbocycles. The summed E-state index contributed by atoms with van der Waals surface area (Å²) in [5, 5.41) is 0. The van der Waals surface area contributed by atoms with Crippen molar-refractivity contribution in [2.45, 2.75) is 20.2 Å². The Morgan fingerprint density at radius 2 is 1.00 bits per heavy atom. The Balaban J connectivity index is 1.72. The van der Waals surface area contributed by atoms with Gasteiger partial charge in [0.15, 0.2) is 0 Å². The van der Waals surface area contributed by atoms with Gasteiger partial charge in [0.2, 0.25) is 0 Å². The van der Waals surface area contributed by atoms with Crippen LogP contribution in [0.1, 0.15) is 32.8 Å². The molecule has 1 aliphatic rings. The summed E-state index contributed by atoms with van der Waals surface area (Å²) in [5.74, 6) is 0. The number of rotatable bonds is 3. The van der Waals surface area contributed by atoms with Crippen LogP contribution in [0, 0.1) is 0 Å². The molecule has 0 saturated carbocycles. The molecule has 3 aromatic rings. The minimum Gasteiger partial charge on any atom is -0.123 e. The van der Waals surface area contributed by atoms with Crippen molar-refractivity contribution in [3.63, 3.8) is 0 Å². The summed E-state index contributed by atoms with van der Waals surface area (Å²) in [6, 6.07) is 32.8. The SMILES string of the molecule is CC1(c2ccccc2)S[C@H](c2ccccc2)S[C@H](c2ccccc2)S1. The van der Waals surface area contributed by atoms with Gasteiger partial charge >= 0.3 is 0 Å². The van der Waals surface area contributed by atoms with Crippen molar-refractivity contribution in [1.82, 2.24) is 0 Å². The largest absolute Gasteiger partial charge is 0.123 e. The van der Waals surface area contributed by atoms with Gasteiger partial charge in [0.05, 0.1) is 13.2 Å².